The number of aromatic nitrogens is 1. The van der Waals surface area contributed by atoms with Gasteiger partial charge < -0.3 is 0 Å². The lowest BCUT2D eigenvalue weighted by Crippen LogP contribution is -2.41. The minimum absolute atomic E-state index is 0.141. The van der Waals surface area contributed by atoms with Gasteiger partial charge in [0.05, 0.1) is 4.92 Å². The van der Waals surface area contributed by atoms with Crippen molar-refractivity contribution in [3.8, 4) is 0 Å². The first-order valence-electron chi connectivity index (χ1n) is 7.51. The van der Waals surface area contributed by atoms with Crippen molar-refractivity contribution >= 4 is 17.5 Å². The van der Waals surface area contributed by atoms with Crippen LogP contribution >= 0.6 is 0 Å². The molecule has 130 valence electrons. The molecule has 2 rings (SSSR count). The zero-order chi connectivity index (χ0) is 18.6. The van der Waals surface area contributed by atoms with E-state index in [0.29, 0.717) is 5.56 Å². The largest absolute Gasteiger partial charge is 0.282 e. The molecule has 0 atom stereocenters. The van der Waals surface area contributed by atoms with Crippen molar-refractivity contribution in [3.63, 3.8) is 0 Å². The predicted octanol–water partition coefficient (Wildman–Crippen LogP) is 2.36. The highest BCUT2D eigenvalue weighted by molar-refractivity contribution is 6.01. The third kappa shape index (κ3) is 4.37. The van der Waals surface area contributed by atoms with Crippen LogP contribution in [0.15, 0.2) is 42.6 Å². The van der Waals surface area contributed by atoms with Gasteiger partial charge in [0.2, 0.25) is 0 Å². The first-order valence-corrected chi connectivity index (χ1v) is 7.51. The first kappa shape index (κ1) is 18.1. The maximum Gasteiger partial charge on any atom is 0.282 e. The second-order valence-corrected chi connectivity index (χ2v) is 6.36. The number of carbonyl (C=O) groups excluding carboxylic acids is 2. The van der Waals surface area contributed by atoms with E-state index < -0.39 is 16.7 Å². The SMILES string of the molecule is CC(C)(C)c1cc(C(=O)NNC(=O)c2ccccc2[N+](=O)[O-])ccn1. The van der Waals surface area contributed by atoms with Gasteiger partial charge in [-0.15, -0.1) is 0 Å². The number of carbonyl (C=O) groups is 2. The molecule has 0 radical (unpaired) electrons. The monoisotopic (exact) mass is 342 g/mol. The summed E-state index contributed by atoms with van der Waals surface area (Å²) in [5, 5.41) is 10.9. The van der Waals surface area contributed by atoms with Crippen LogP contribution in [0.25, 0.3) is 0 Å². The summed E-state index contributed by atoms with van der Waals surface area (Å²) in [5.41, 5.74) is 4.78. The topological polar surface area (TPSA) is 114 Å². The van der Waals surface area contributed by atoms with Gasteiger partial charge in [-0.1, -0.05) is 32.9 Å². The summed E-state index contributed by atoms with van der Waals surface area (Å²) in [6.45, 7) is 5.90. The fourth-order valence-corrected chi connectivity index (χ4v) is 2.06. The zero-order valence-corrected chi connectivity index (χ0v) is 14.1. The summed E-state index contributed by atoms with van der Waals surface area (Å²) >= 11 is 0. The van der Waals surface area contributed by atoms with E-state index in [0.717, 1.165) is 5.69 Å². The van der Waals surface area contributed by atoms with Gasteiger partial charge in [0.15, 0.2) is 0 Å². The Labute approximate surface area is 144 Å². The van der Waals surface area contributed by atoms with Crippen LogP contribution in [0.4, 0.5) is 5.69 Å². The molecule has 0 bridgehead atoms. The number of hydrogen-bond acceptors (Lipinski definition) is 5. The van der Waals surface area contributed by atoms with Gasteiger partial charge in [-0.25, -0.2) is 0 Å². The van der Waals surface area contributed by atoms with Gasteiger partial charge >= 0.3 is 0 Å². The number of pyridine rings is 1. The van der Waals surface area contributed by atoms with Gasteiger partial charge in [0, 0.05) is 28.9 Å². The molecule has 0 aliphatic carbocycles. The van der Waals surface area contributed by atoms with E-state index in [9.17, 15) is 19.7 Å². The molecule has 0 spiro atoms. The molecule has 2 N–H and O–H groups in total. The lowest BCUT2D eigenvalue weighted by atomic mass is 9.91. The van der Waals surface area contributed by atoms with Gasteiger partial charge in [-0.3, -0.25) is 35.5 Å². The third-order valence-corrected chi connectivity index (χ3v) is 3.43. The zero-order valence-electron chi connectivity index (χ0n) is 14.1. The van der Waals surface area contributed by atoms with Crippen molar-refractivity contribution in [2.45, 2.75) is 26.2 Å². The van der Waals surface area contributed by atoms with E-state index in [1.165, 1.54) is 36.5 Å². The van der Waals surface area contributed by atoms with Crippen LogP contribution in [0.2, 0.25) is 0 Å². The fraction of sp³-hybridized carbons (Fsp3) is 0.235. The maximum absolute atomic E-state index is 12.2. The Morgan fingerprint density at radius 1 is 1.08 bits per heavy atom. The van der Waals surface area contributed by atoms with Gasteiger partial charge in [0.1, 0.15) is 5.56 Å². The van der Waals surface area contributed by atoms with Gasteiger partial charge in [-0.2, -0.15) is 0 Å². The number of benzene rings is 1. The molecule has 0 saturated carbocycles. The van der Waals surface area contributed by atoms with Crippen LogP contribution in [0, 0.1) is 10.1 Å². The van der Waals surface area contributed by atoms with Gasteiger partial charge in [0.25, 0.3) is 17.5 Å². The molecule has 0 fully saturated rings. The van der Waals surface area contributed by atoms with E-state index in [-0.39, 0.29) is 16.7 Å². The molecule has 1 aromatic heterocycles. The van der Waals surface area contributed by atoms with Crippen molar-refractivity contribution in [3.05, 3.63) is 69.5 Å². The molecule has 0 unspecified atom stereocenters. The predicted molar refractivity (Wildman–Crippen MR) is 91.0 cm³/mol. The lowest BCUT2D eigenvalue weighted by Gasteiger charge is -2.18. The Morgan fingerprint density at radius 3 is 2.36 bits per heavy atom. The second-order valence-electron chi connectivity index (χ2n) is 6.36. The van der Waals surface area contributed by atoms with Crippen LogP contribution in [-0.4, -0.2) is 21.7 Å². The van der Waals surface area contributed by atoms with E-state index in [2.05, 4.69) is 15.8 Å². The van der Waals surface area contributed by atoms with Crippen LogP contribution in [0.5, 0.6) is 0 Å². The Balaban J connectivity index is 2.11. The Morgan fingerprint density at radius 2 is 1.72 bits per heavy atom. The van der Waals surface area contributed by atoms with Crippen LogP contribution in [0.3, 0.4) is 0 Å². The minimum atomic E-state index is -0.772. The molecule has 2 amide bonds. The summed E-state index contributed by atoms with van der Waals surface area (Å²) in [4.78, 5) is 38.8. The van der Waals surface area contributed by atoms with Crippen LogP contribution in [0.1, 0.15) is 47.2 Å². The summed E-state index contributed by atoms with van der Waals surface area (Å²) in [6.07, 6.45) is 1.51. The average molecular weight is 342 g/mol. The molecule has 8 nitrogen and oxygen atoms in total. The smallest absolute Gasteiger partial charge is 0.267 e. The molecule has 0 saturated heterocycles. The number of hydrazine groups is 1. The van der Waals surface area contributed by atoms with Crippen LogP contribution in [-0.2, 0) is 5.41 Å². The number of nitro groups is 1. The fourth-order valence-electron chi connectivity index (χ4n) is 2.06. The summed E-state index contributed by atoms with van der Waals surface area (Å²) in [7, 11) is 0. The van der Waals surface area contributed by atoms with Crippen molar-refractivity contribution < 1.29 is 14.5 Å². The highest BCUT2D eigenvalue weighted by Gasteiger charge is 2.20. The molecule has 1 aromatic carbocycles. The van der Waals surface area contributed by atoms with E-state index in [1.807, 2.05) is 20.8 Å². The number of nitrogens with one attached hydrogen (secondary N) is 2. The standard InChI is InChI=1S/C17H18N4O4/c1-17(2,3)14-10-11(8-9-18-14)15(22)19-20-16(23)12-6-4-5-7-13(12)21(24)25/h4-10H,1-3H3,(H,19,22)(H,20,23). The first-order chi connectivity index (χ1) is 11.7. The highest BCUT2D eigenvalue weighted by Crippen LogP contribution is 2.20. The van der Waals surface area contributed by atoms with E-state index in [4.69, 9.17) is 0 Å². The minimum Gasteiger partial charge on any atom is -0.267 e. The molecule has 0 aliphatic rings. The molecule has 8 heteroatoms. The Kier molecular flexibility index (Phi) is 5.11. The van der Waals surface area contributed by atoms with Crippen LogP contribution < -0.4 is 10.9 Å². The number of para-hydroxylation sites is 1. The number of rotatable bonds is 3. The van der Waals surface area contributed by atoms with Crippen molar-refractivity contribution in [2.24, 2.45) is 0 Å². The van der Waals surface area contributed by atoms with E-state index in [1.54, 1.807) is 6.07 Å². The van der Waals surface area contributed by atoms with Crippen molar-refractivity contribution in [2.75, 3.05) is 0 Å². The third-order valence-electron chi connectivity index (χ3n) is 3.43. The summed E-state index contributed by atoms with van der Waals surface area (Å²) < 4.78 is 0. The maximum atomic E-state index is 12.2. The summed E-state index contributed by atoms with van der Waals surface area (Å²) in [5.74, 6) is -1.31. The second kappa shape index (κ2) is 7.08. The quantitative estimate of drug-likeness (QED) is 0.656. The number of amides is 2. The molecule has 2 aromatic rings. The van der Waals surface area contributed by atoms with Crippen molar-refractivity contribution in [1.29, 1.82) is 0 Å². The van der Waals surface area contributed by atoms with Crippen molar-refractivity contribution in [1.82, 2.24) is 15.8 Å². The molecular formula is C17H18N4O4. The molecule has 25 heavy (non-hydrogen) atoms. The molecular weight excluding hydrogens is 324 g/mol. The summed E-state index contributed by atoms with van der Waals surface area (Å²) in [6, 6.07) is 8.63. The van der Waals surface area contributed by atoms with Gasteiger partial charge in [-0.05, 0) is 18.2 Å². The normalized spacial score (nSPS) is 10.8. The molecule has 0 aliphatic heterocycles. The number of nitrogens with zero attached hydrogens (tertiary/aromatic N) is 2. The molecule has 1 heterocycles. The van der Waals surface area contributed by atoms with E-state index >= 15 is 0 Å². The number of nitro benzene ring substituents is 1. The lowest BCUT2D eigenvalue weighted by molar-refractivity contribution is -0.385. The Hall–Kier alpha value is -3.29. The average Bonchev–Trinajstić information content (AvgIpc) is 2.58. The Bertz CT molecular complexity index is 827. The number of hydrogen-bond donors (Lipinski definition) is 2. The highest BCUT2D eigenvalue weighted by atomic mass is 16.6.